The number of phenols is 1. The number of benzene rings is 1. The predicted octanol–water partition coefficient (Wildman–Crippen LogP) is 3.54. The van der Waals surface area contributed by atoms with Gasteiger partial charge in [-0.15, -0.1) is 0 Å². The van der Waals surface area contributed by atoms with E-state index in [0.29, 0.717) is 22.1 Å². The number of ether oxygens (including phenoxy) is 1. The highest BCUT2D eigenvalue weighted by atomic mass is 35.5. The van der Waals surface area contributed by atoms with E-state index in [2.05, 4.69) is 4.98 Å². The number of aromatic hydroxyl groups is 1. The van der Waals surface area contributed by atoms with Crippen LogP contribution in [0.5, 0.6) is 17.2 Å². The third-order valence-electron chi connectivity index (χ3n) is 2.21. The van der Waals surface area contributed by atoms with Gasteiger partial charge in [-0.1, -0.05) is 17.7 Å². The molecule has 0 unspecified atom stereocenters. The normalized spacial score (nSPS) is 10.1. The number of hydrogen-bond donors (Lipinski definition) is 1. The Balaban J connectivity index is 2.35. The van der Waals surface area contributed by atoms with Crippen LogP contribution < -0.4 is 4.74 Å². The molecule has 0 fully saturated rings. The molecule has 0 saturated heterocycles. The molecular formula is C12H10ClNO2. The molecular weight excluding hydrogens is 226 g/mol. The minimum atomic E-state index is 0.197. The summed E-state index contributed by atoms with van der Waals surface area (Å²) in [6.07, 6.45) is 3.11. The average Bonchev–Trinajstić information content (AvgIpc) is 2.28. The first kappa shape index (κ1) is 10.8. The zero-order valence-corrected chi connectivity index (χ0v) is 9.40. The van der Waals surface area contributed by atoms with Crippen molar-refractivity contribution in [2.24, 2.45) is 0 Å². The molecule has 2 aromatic rings. The number of hydrogen-bond acceptors (Lipinski definition) is 3. The lowest BCUT2D eigenvalue weighted by atomic mass is 10.2. The molecule has 0 atom stereocenters. The van der Waals surface area contributed by atoms with Crippen LogP contribution in [0.25, 0.3) is 0 Å². The van der Waals surface area contributed by atoms with E-state index in [0.717, 1.165) is 0 Å². The van der Waals surface area contributed by atoms with Crippen molar-refractivity contribution in [2.75, 3.05) is 0 Å². The van der Waals surface area contributed by atoms with E-state index in [1.54, 1.807) is 37.4 Å². The Morgan fingerprint density at radius 3 is 2.81 bits per heavy atom. The molecule has 0 aliphatic carbocycles. The molecule has 0 aliphatic rings. The molecule has 0 radical (unpaired) electrons. The van der Waals surface area contributed by atoms with Gasteiger partial charge in [-0.2, -0.15) is 0 Å². The molecule has 0 aliphatic heterocycles. The van der Waals surface area contributed by atoms with Crippen molar-refractivity contribution in [2.45, 2.75) is 6.92 Å². The molecule has 82 valence electrons. The van der Waals surface area contributed by atoms with Crippen LogP contribution in [0.3, 0.4) is 0 Å². The minimum absolute atomic E-state index is 0.197. The number of halogens is 1. The van der Waals surface area contributed by atoms with E-state index < -0.39 is 0 Å². The lowest BCUT2D eigenvalue weighted by Crippen LogP contribution is -1.89. The fourth-order valence-electron chi connectivity index (χ4n) is 1.28. The van der Waals surface area contributed by atoms with Gasteiger partial charge in [0.15, 0.2) is 0 Å². The Morgan fingerprint density at radius 2 is 2.06 bits per heavy atom. The Morgan fingerprint density at radius 1 is 1.25 bits per heavy atom. The second kappa shape index (κ2) is 4.41. The Kier molecular flexibility index (Phi) is 2.97. The second-order valence-electron chi connectivity index (χ2n) is 3.31. The van der Waals surface area contributed by atoms with Crippen LogP contribution in [0.4, 0.5) is 0 Å². The standard InChI is InChI=1S/C12H10ClNO2/c1-8-10(15)3-2-4-11(8)16-12-5-6-14-7-9(12)13/h2-7,15H,1H3. The van der Waals surface area contributed by atoms with Crippen molar-refractivity contribution in [3.05, 3.63) is 47.2 Å². The minimum Gasteiger partial charge on any atom is -0.508 e. The number of pyridine rings is 1. The number of nitrogens with zero attached hydrogens (tertiary/aromatic N) is 1. The van der Waals surface area contributed by atoms with Crippen molar-refractivity contribution in [1.82, 2.24) is 4.98 Å². The molecule has 3 nitrogen and oxygen atoms in total. The monoisotopic (exact) mass is 235 g/mol. The average molecular weight is 236 g/mol. The summed E-state index contributed by atoms with van der Waals surface area (Å²) in [6, 6.07) is 6.76. The summed E-state index contributed by atoms with van der Waals surface area (Å²) >= 11 is 5.92. The Bertz CT molecular complexity index is 514. The van der Waals surface area contributed by atoms with Gasteiger partial charge in [-0.25, -0.2) is 0 Å². The summed E-state index contributed by atoms with van der Waals surface area (Å²) in [7, 11) is 0. The molecule has 0 amide bonds. The number of rotatable bonds is 2. The molecule has 16 heavy (non-hydrogen) atoms. The molecule has 4 heteroatoms. The van der Waals surface area contributed by atoms with Gasteiger partial charge in [-0.3, -0.25) is 4.98 Å². The molecule has 0 spiro atoms. The predicted molar refractivity (Wildman–Crippen MR) is 62.2 cm³/mol. The zero-order valence-electron chi connectivity index (χ0n) is 8.64. The van der Waals surface area contributed by atoms with E-state index in [1.807, 2.05) is 0 Å². The molecule has 0 bridgehead atoms. The maximum Gasteiger partial charge on any atom is 0.149 e. The smallest absolute Gasteiger partial charge is 0.149 e. The molecule has 1 aromatic carbocycles. The van der Waals surface area contributed by atoms with Crippen molar-refractivity contribution in [3.8, 4) is 17.2 Å². The lowest BCUT2D eigenvalue weighted by Gasteiger charge is -2.10. The number of aromatic nitrogens is 1. The van der Waals surface area contributed by atoms with Gasteiger partial charge < -0.3 is 9.84 Å². The van der Waals surface area contributed by atoms with Crippen LogP contribution in [0.2, 0.25) is 5.02 Å². The third kappa shape index (κ3) is 2.09. The summed E-state index contributed by atoms with van der Waals surface area (Å²) in [4.78, 5) is 3.87. The SMILES string of the molecule is Cc1c(O)cccc1Oc1ccncc1Cl. The second-order valence-corrected chi connectivity index (χ2v) is 3.72. The van der Waals surface area contributed by atoms with Gasteiger partial charge in [0.05, 0.1) is 0 Å². The fraction of sp³-hybridized carbons (Fsp3) is 0.0833. The third-order valence-corrected chi connectivity index (χ3v) is 2.49. The Hall–Kier alpha value is -1.74. The topological polar surface area (TPSA) is 42.4 Å². The first-order valence-electron chi connectivity index (χ1n) is 4.74. The zero-order chi connectivity index (χ0) is 11.5. The van der Waals surface area contributed by atoms with Crippen LogP contribution in [0.1, 0.15) is 5.56 Å². The van der Waals surface area contributed by atoms with Gasteiger partial charge in [0.2, 0.25) is 0 Å². The van der Waals surface area contributed by atoms with Crippen LogP contribution in [0, 0.1) is 6.92 Å². The fourth-order valence-corrected chi connectivity index (χ4v) is 1.44. The van der Waals surface area contributed by atoms with Gasteiger partial charge in [0.1, 0.15) is 22.3 Å². The molecule has 1 N–H and O–H groups in total. The van der Waals surface area contributed by atoms with Crippen LogP contribution in [-0.2, 0) is 0 Å². The lowest BCUT2D eigenvalue weighted by molar-refractivity contribution is 0.448. The van der Waals surface area contributed by atoms with Crippen molar-refractivity contribution >= 4 is 11.6 Å². The summed E-state index contributed by atoms with van der Waals surface area (Å²) < 4.78 is 5.59. The molecule has 1 heterocycles. The van der Waals surface area contributed by atoms with E-state index in [4.69, 9.17) is 16.3 Å². The van der Waals surface area contributed by atoms with Crippen molar-refractivity contribution in [1.29, 1.82) is 0 Å². The summed E-state index contributed by atoms with van der Waals surface area (Å²) in [6.45, 7) is 1.78. The van der Waals surface area contributed by atoms with Crippen LogP contribution >= 0.6 is 11.6 Å². The van der Waals surface area contributed by atoms with E-state index in [-0.39, 0.29) is 5.75 Å². The van der Waals surface area contributed by atoms with Gasteiger partial charge >= 0.3 is 0 Å². The summed E-state index contributed by atoms with van der Waals surface area (Å²) in [5, 5.41) is 9.96. The van der Waals surface area contributed by atoms with Crippen molar-refractivity contribution in [3.63, 3.8) is 0 Å². The maximum absolute atomic E-state index is 9.52. The number of phenolic OH excluding ortho intramolecular Hbond substituents is 1. The molecule has 1 aromatic heterocycles. The van der Waals surface area contributed by atoms with Gasteiger partial charge in [-0.05, 0) is 19.1 Å². The molecule has 2 rings (SSSR count). The van der Waals surface area contributed by atoms with E-state index in [1.165, 1.54) is 6.20 Å². The van der Waals surface area contributed by atoms with Crippen molar-refractivity contribution < 1.29 is 9.84 Å². The van der Waals surface area contributed by atoms with Crippen LogP contribution in [-0.4, -0.2) is 10.1 Å². The van der Waals surface area contributed by atoms with E-state index in [9.17, 15) is 5.11 Å². The highest BCUT2D eigenvalue weighted by Gasteiger charge is 2.07. The highest BCUT2D eigenvalue weighted by Crippen LogP contribution is 2.33. The largest absolute Gasteiger partial charge is 0.508 e. The first-order chi connectivity index (χ1) is 7.68. The van der Waals surface area contributed by atoms with E-state index >= 15 is 0 Å². The summed E-state index contributed by atoms with van der Waals surface area (Å²) in [5.41, 5.74) is 0.676. The first-order valence-corrected chi connectivity index (χ1v) is 5.12. The van der Waals surface area contributed by atoms with Crippen LogP contribution in [0.15, 0.2) is 36.7 Å². The maximum atomic E-state index is 9.52. The molecule has 0 saturated carbocycles. The Labute approximate surface area is 98.3 Å². The summed E-state index contributed by atoms with van der Waals surface area (Å²) in [5.74, 6) is 1.29. The highest BCUT2D eigenvalue weighted by molar-refractivity contribution is 6.31. The van der Waals surface area contributed by atoms with Gasteiger partial charge in [0.25, 0.3) is 0 Å². The quantitative estimate of drug-likeness (QED) is 0.866. The van der Waals surface area contributed by atoms with Gasteiger partial charge in [0, 0.05) is 24.0 Å².